The van der Waals surface area contributed by atoms with Crippen LogP contribution in [-0.2, 0) is 30.6 Å². The molecule has 0 N–H and O–H groups in total. The average Bonchev–Trinajstić information content (AvgIpc) is 3.22. The first-order valence-electron chi connectivity index (χ1n) is 14.3. The maximum atomic E-state index is 13.0. The third kappa shape index (κ3) is 9.89. The molecule has 0 atom stereocenters. The first kappa shape index (κ1) is 33.3. The summed E-state index contributed by atoms with van der Waals surface area (Å²) < 4.78 is 0. The number of rotatable bonds is 4. The largest absolute Gasteiger partial charge is 0.338 e. The monoisotopic (exact) mass is 560 g/mol. The smallest absolute Gasteiger partial charge is 0.330 e. The minimum absolute atomic E-state index is 0.121. The zero-order valence-electron chi connectivity index (χ0n) is 25.8. The Balaban J connectivity index is 0.000000312. The van der Waals surface area contributed by atoms with Crippen LogP contribution in [-0.4, -0.2) is 28.8 Å². The summed E-state index contributed by atoms with van der Waals surface area (Å²) in [5, 5.41) is 0.563. The fraction of sp³-hybridized carbons (Fsp3) is 0.471. The number of hydrogen-bond donors (Lipinski definition) is 0. The second-order valence-electron chi connectivity index (χ2n) is 12.0. The number of imide groups is 1. The van der Waals surface area contributed by atoms with Gasteiger partial charge in [-0.15, -0.1) is 5.06 Å². The highest BCUT2D eigenvalue weighted by Crippen LogP contribution is 2.28. The number of benzene rings is 2. The molecule has 0 unspecified atom stereocenters. The Bertz CT molecular complexity index is 1290. The summed E-state index contributed by atoms with van der Waals surface area (Å²) in [6.07, 6.45) is 2.77. The Kier molecular flexibility index (Phi) is 11.9. The van der Waals surface area contributed by atoms with Crippen LogP contribution in [0.5, 0.6) is 0 Å². The number of nitrogens with zero attached hydrogens (tertiary/aromatic N) is 2. The molecule has 0 aromatic heterocycles. The van der Waals surface area contributed by atoms with Crippen molar-refractivity contribution in [2.45, 2.75) is 94.0 Å². The van der Waals surface area contributed by atoms with Crippen molar-refractivity contribution in [2.24, 2.45) is 10.8 Å². The second-order valence-corrected chi connectivity index (χ2v) is 12.0. The number of para-hydroxylation sites is 1. The minimum Gasteiger partial charge on any atom is -0.330 e. The minimum atomic E-state index is -0.719. The summed E-state index contributed by atoms with van der Waals surface area (Å²) >= 11 is 0. The Morgan fingerprint density at radius 3 is 1.95 bits per heavy atom. The predicted octanol–water partition coefficient (Wildman–Crippen LogP) is 6.82. The molecule has 2 aromatic rings. The van der Waals surface area contributed by atoms with Gasteiger partial charge in [-0.05, 0) is 62.8 Å². The molecule has 0 saturated carbocycles. The topological polar surface area (TPSA) is 84.0 Å². The molecule has 2 aliphatic heterocycles. The summed E-state index contributed by atoms with van der Waals surface area (Å²) in [5.41, 5.74) is 3.49. The van der Waals surface area contributed by atoms with E-state index in [1.165, 1.54) is 0 Å². The zero-order valence-corrected chi connectivity index (χ0v) is 25.8. The molecule has 3 amide bonds. The van der Waals surface area contributed by atoms with Crippen molar-refractivity contribution in [1.82, 2.24) is 5.06 Å². The van der Waals surface area contributed by atoms with Crippen LogP contribution in [0.2, 0.25) is 0 Å². The van der Waals surface area contributed by atoms with Gasteiger partial charge in [-0.2, -0.15) is 0 Å². The van der Waals surface area contributed by atoms with Gasteiger partial charge in [0.2, 0.25) is 5.91 Å². The first-order chi connectivity index (χ1) is 19.3. The van der Waals surface area contributed by atoms with Gasteiger partial charge in [0.05, 0.1) is 17.6 Å². The van der Waals surface area contributed by atoms with E-state index in [2.05, 4.69) is 38.7 Å². The lowest BCUT2D eigenvalue weighted by Gasteiger charge is -2.26. The van der Waals surface area contributed by atoms with Crippen LogP contribution < -0.4 is 4.90 Å². The third-order valence-electron chi connectivity index (χ3n) is 6.28. The Hall–Kier alpha value is -3.92. The van der Waals surface area contributed by atoms with Gasteiger partial charge in [-0.3, -0.25) is 14.4 Å². The summed E-state index contributed by atoms with van der Waals surface area (Å²) in [5.74, 6) is 5.19. The van der Waals surface area contributed by atoms with E-state index in [-0.39, 0.29) is 24.2 Å². The summed E-state index contributed by atoms with van der Waals surface area (Å²) in [6.45, 7) is 16.2. The van der Waals surface area contributed by atoms with E-state index in [9.17, 15) is 19.2 Å². The molecule has 7 nitrogen and oxygen atoms in total. The number of carbonyl (C=O) groups excluding carboxylic acids is 4. The first-order valence-corrected chi connectivity index (χ1v) is 14.3. The molecule has 1 fully saturated rings. The number of hydroxylamine groups is 2. The summed E-state index contributed by atoms with van der Waals surface area (Å²) in [4.78, 5) is 53.1. The van der Waals surface area contributed by atoms with Gasteiger partial charge in [0, 0.05) is 30.4 Å². The van der Waals surface area contributed by atoms with Gasteiger partial charge in [-0.25, -0.2) is 4.79 Å². The molecule has 7 heteroatoms. The van der Waals surface area contributed by atoms with Crippen molar-refractivity contribution >= 4 is 29.4 Å². The number of fused-ring (bicyclic) bond motifs is 2. The highest BCUT2D eigenvalue weighted by Gasteiger charge is 2.36. The van der Waals surface area contributed by atoms with Crippen molar-refractivity contribution in [3.05, 3.63) is 65.2 Å². The maximum absolute atomic E-state index is 13.0. The normalized spacial score (nSPS) is 14.0. The van der Waals surface area contributed by atoms with Crippen molar-refractivity contribution in [3.63, 3.8) is 0 Å². The summed E-state index contributed by atoms with van der Waals surface area (Å²) in [6, 6.07) is 16.0. The zero-order chi connectivity index (χ0) is 30.8. The van der Waals surface area contributed by atoms with Gasteiger partial charge in [0.1, 0.15) is 0 Å². The molecule has 1 saturated heterocycles. The van der Waals surface area contributed by atoms with Gasteiger partial charge in [0.15, 0.2) is 0 Å². The van der Waals surface area contributed by atoms with E-state index in [0.717, 1.165) is 35.2 Å². The SMILES string of the molecule is CC.CC(C)(C)C(=O)ON1C(=O)CCC1=O.CC(C)(C)CCCC(=O)N1Cc2ccccc2C#Cc2ccccc21. The fourth-order valence-corrected chi connectivity index (χ4v) is 3.99. The number of hydrogen-bond acceptors (Lipinski definition) is 5. The quantitative estimate of drug-likeness (QED) is 0.303. The Morgan fingerprint density at radius 1 is 0.829 bits per heavy atom. The van der Waals surface area contributed by atoms with Crippen LogP contribution in [0.25, 0.3) is 0 Å². The number of amides is 3. The van der Waals surface area contributed by atoms with Crippen LogP contribution in [0.1, 0.15) is 104 Å². The predicted molar refractivity (Wildman–Crippen MR) is 161 cm³/mol. The lowest BCUT2D eigenvalue weighted by molar-refractivity contribution is -0.203. The molecule has 0 spiro atoms. The molecular formula is C34H44N2O5. The Labute approximate surface area is 245 Å². The highest BCUT2D eigenvalue weighted by atomic mass is 16.7. The van der Waals surface area contributed by atoms with Crippen molar-refractivity contribution in [3.8, 4) is 11.8 Å². The molecule has 2 heterocycles. The van der Waals surface area contributed by atoms with Crippen molar-refractivity contribution in [1.29, 1.82) is 0 Å². The maximum Gasteiger partial charge on any atom is 0.338 e. The van der Waals surface area contributed by atoms with E-state index in [4.69, 9.17) is 4.84 Å². The molecule has 0 radical (unpaired) electrons. The molecule has 41 heavy (non-hydrogen) atoms. The molecule has 2 aliphatic rings. The fourth-order valence-electron chi connectivity index (χ4n) is 3.99. The lowest BCUT2D eigenvalue weighted by atomic mass is 9.89. The standard InChI is InChI=1S/C23H25NO.C9H13NO4.C2H6/c1-23(2,3)16-8-13-22(25)24-17-20-11-5-4-9-18(20)14-15-19-10-6-7-12-21(19)24;1-9(2,3)8(13)14-10-6(11)4-5-7(10)12;1-2/h4-7,9-12H,8,13,16-17H2,1-3H3;4-5H2,1-3H3;1-2H3. The third-order valence-corrected chi connectivity index (χ3v) is 6.28. The molecule has 0 bridgehead atoms. The van der Waals surface area contributed by atoms with Gasteiger partial charge in [-0.1, -0.05) is 76.8 Å². The van der Waals surface area contributed by atoms with Crippen LogP contribution in [0.15, 0.2) is 48.5 Å². The van der Waals surface area contributed by atoms with Gasteiger partial charge >= 0.3 is 5.97 Å². The second kappa shape index (κ2) is 14.6. The number of anilines is 1. The molecule has 0 aliphatic carbocycles. The van der Waals surface area contributed by atoms with Crippen LogP contribution in [0, 0.1) is 22.7 Å². The summed E-state index contributed by atoms with van der Waals surface area (Å²) in [7, 11) is 0. The number of carbonyl (C=O) groups is 4. The molecule has 2 aromatic carbocycles. The van der Waals surface area contributed by atoms with Crippen molar-refractivity contribution in [2.75, 3.05) is 4.90 Å². The van der Waals surface area contributed by atoms with Crippen LogP contribution in [0.3, 0.4) is 0 Å². The highest BCUT2D eigenvalue weighted by molar-refractivity contribution is 6.01. The Morgan fingerprint density at radius 2 is 1.37 bits per heavy atom. The van der Waals surface area contributed by atoms with Gasteiger partial charge < -0.3 is 9.74 Å². The lowest BCUT2D eigenvalue weighted by Crippen LogP contribution is -2.36. The van der Waals surface area contributed by atoms with Gasteiger partial charge in [0.25, 0.3) is 11.8 Å². The van der Waals surface area contributed by atoms with E-state index in [1.807, 2.05) is 61.2 Å². The van der Waals surface area contributed by atoms with E-state index in [1.54, 1.807) is 20.8 Å². The molecule has 4 rings (SSSR count). The van der Waals surface area contributed by atoms with E-state index in [0.29, 0.717) is 18.0 Å². The van der Waals surface area contributed by atoms with Crippen molar-refractivity contribution < 1.29 is 24.0 Å². The van der Waals surface area contributed by atoms with Crippen LogP contribution in [0.4, 0.5) is 5.69 Å². The molecule has 220 valence electrons. The van der Waals surface area contributed by atoms with E-state index >= 15 is 0 Å². The van der Waals surface area contributed by atoms with Crippen LogP contribution >= 0.6 is 0 Å². The van der Waals surface area contributed by atoms with E-state index < -0.39 is 23.2 Å². The average molecular weight is 561 g/mol. The molecular weight excluding hydrogens is 516 g/mol.